The summed E-state index contributed by atoms with van der Waals surface area (Å²) in [6.45, 7) is 1.40. The van der Waals surface area contributed by atoms with E-state index in [2.05, 4.69) is 5.32 Å². The quantitative estimate of drug-likeness (QED) is 0.234. The summed E-state index contributed by atoms with van der Waals surface area (Å²) < 4.78 is 34.7. The Kier molecular flexibility index (Phi) is 10.4. The van der Waals surface area contributed by atoms with Gasteiger partial charge in [-0.1, -0.05) is 84.4 Å². The van der Waals surface area contributed by atoms with Crippen molar-refractivity contribution in [1.82, 2.24) is 10.2 Å². The van der Waals surface area contributed by atoms with Crippen molar-refractivity contribution in [3.8, 4) is 5.75 Å². The molecule has 1 atom stereocenters. The van der Waals surface area contributed by atoms with E-state index in [1.807, 2.05) is 61.5 Å². The number of halogens is 1. The molecule has 0 aliphatic carbocycles. The van der Waals surface area contributed by atoms with E-state index in [-0.39, 0.29) is 40.2 Å². The van der Waals surface area contributed by atoms with Crippen LogP contribution in [0.15, 0.2) is 108 Å². The van der Waals surface area contributed by atoms with E-state index in [0.717, 1.165) is 21.0 Å². The number of ether oxygens (including phenoxy) is 1. The van der Waals surface area contributed by atoms with Crippen LogP contribution in [-0.4, -0.2) is 51.9 Å². The molecule has 43 heavy (non-hydrogen) atoms. The molecule has 0 aliphatic heterocycles. The minimum Gasteiger partial charge on any atom is -0.495 e. The van der Waals surface area contributed by atoms with Crippen LogP contribution in [0, 0.1) is 6.92 Å². The number of benzene rings is 4. The first kappa shape index (κ1) is 31.6. The first-order valence-electron chi connectivity index (χ1n) is 13.7. The van der Waals surface area contributed by atoms with Gasteiger partial charge < -0.3 is 15.0 Å². The molecule has 0 unspecified atom stereocenters. The molecule has 0 spiro atoms. The number of carbonyl (C=O) groups is 2. The van der Waals surface area contributed by atoms with Gasteiger partial charge in [-0.3, -0.25) is 13.9 Å². The van der Waals surface area contributed by atoms with Crippen LogP contribution in [0.4, 0.5) is 5.69 Å². The number of nitrogens with zero attached hydrogens (tertiary/aromatic N) is 2. The number of aryl methyl sites for hydroxylation is 1. The summed E-state index contributed by atoms with van der Waals surface area (Å²) >= 11 is 6.31. The predicted molar refractivity (Wildman–Crippen MR) is 169 cm³/mol. The number of methoxy groups -OCH3 is 1. The average Bonchev–Trinajstić information content (AvgIpc) is 3.02. The second-order valence-electron chi connectivity index (χ2n) is 9.91. The summed E-state index contributed by atoms with van der Waals surface area (Å²) in [7, 11) is -1.35. The Labute approximate surface area is 257 Å². The Morgan fingerprint density at radius 3 is 2.16 bits per heavy atom. The third-order valence-electron chi connectivity index (χ3n) is 7.14. The van der Waals surface area contributed by atoms with Gasteiger partial charge in [-0.05, 0) is 53.9 Å². The molecular weight excluding hydrogens is 586 g/mol. The van der Waals surface area contributed by atoms with Crippen LogP contribution < -0.4 is 14.4 Å². The third-order valence-corrected chi connectivity index (χ3v) is 9.15. The van der Waals surface area contributed by atoms with Crippen molar-refractivity contribution < 1.29 is 22.7 Å². The van der Waals surface area contributed by atoms with Crippen LogP contribution in [-0.2, 0) is 32.6 Å². The number of amides is 2. The molecule has 0 saturated carbocycles. The standard InChI is InChI=1S/C33H34ClN3O5S/c1-24-12-10-11-15-26(24)22-36(30(33(39)35-2)20-25-13-6-4-7-14-25)32(38)23-37(29-21-27(34)18-19-31(29)42-3)43(40,41)28-16-8-5-9-17-28/h4-19,21,30H,20,22-23H2,1-3H3,(H,35,39)/t30-/m0/s1. The third kappa shape index (κ3) is 7.55. The van der Waals surface area contributed by atoms with Gasteiger partial charge in [0.1, 0.15) is 18.3 Å². The lowest BCUT2D eigenvalue weighted by atomic mass is 10.0. The second kappa shape index (κ2) is 14.2. The fourth-order valence-corrected chi connectivity index (χ4v) is 6.39. The van der Waals surface area contributed by atoms with Crippen LogP contribution >= 0.6 is 11.6 Å². The maximum absolute atomic E-state index is 14.4. The van der Waals surface area contributed by atoms with Gasteiger partial charge in [0.2, 0.25) is 11.8 Å². The molecule has 0 radical (unpaired) electrons. The summed E-state index contributed by atoms with van der Waals surface area (Å²) in [6.07, 6.45) is 0.226. The van der Waals surface area contributed by atoms with Crippen LogP contribution in [0.2, 0.25) is 5.02 Å². The first-order valence-corrected chi connectivity index (χ1v) is 15.5. The minimum absolute atomic E-state index is 0.0116. The monoisotopic (exact) mass is 619 g/mol. The van der Waals surface area contributed by atoms with Gasteiger partial charge >= 0.3 is 0 Å². The molecule has 2 amide bonds. The maximum Gasteiger partial charge on any atom is 0.264 e. The lowest BCUT2D eigenvalue weighted by Crippen LogP contribution is -2.53. The van der Waals surface area contributed by atoms with E-state index in [1.54, 1.807) is 30.3 Å². The minimum atomic E-state index is -4.28. The van der Waals surface area contributed by atoms with E-state index >= 15 is 0 Å². The summed E-state index contributed by atoms with van der Waals surface area (Å²) in [5.74, 6) is -0.729. The molecule has 10 heteroatoms. The highest BCUT2D eigenvalue weighted by atomic mass is 35.5. The fraction of sp³-hybridized carbons (Fsp3) is 0.212. The number of sulfonamides is 1. The molecule has 4 rings (SSSR count). The van der Waals surface area contributed by atoms with Gasteiger partial charge in [0, 0.05) is 25.0 Å². The van der Waals surface area contributed by atoms with E-state index < -0.39 is 28.5 Å². The van der Waals surface area contributed by atoms with Crippen LogP contribution in [0.25, 0.3) is 0 Å². The topological polar surface area (TPSA) is 96.0 Å². The molecule has 0 heterocycles. The van der Waals surface area contributed by atoms with Crippen molar-refractivity contribution in [2.75, 3.05) is 25.0 Å². The van der Waals surface area contributed by atoms with Crippen LogP contribution in [0.1, 0.15) is 16.7 Å². The largest absolute Gasteiger partial charge is 0.495 e. The Morgan fingerprint density at radius 2 is 1.53 bits per heavy atom. The summed E-state index contributed by atoms with van der Waals surface area (Å²) in [5, 5.41) is 2.95. The highest BCUT2D eigenvalue weighted by Gasteiger charge is 2.35. The van der Waals surface area contributed by atoms with Crippen molar-refractivity contribution in [2.24, 2.45) is 0 Å². The number of nitrogens with one attached hydrogen (secondary N) is 1. The Balaban J connectivity index is 1.84. The molecule has 0 fully saturated rings. The number of rotatable bonds is 12. The van der Waals surface area contributed by atoms with Crippen LogP contribution in [0.5, 0.6) is 5.75 Å². The number of hydrogen-bond acceptors (Lipinski definition) is 5. The number of hydrogen-bond donors (Lipinski definition) is 1. The molecule has 224 valence electrons. The summed E-state index contributed by atoms with van der Waals surface area (Å²) in [5.41, 5.74) is 2.71. The lowest BCUT2D eigenvalue weighted by molar-refractivity contribution is -0.139. The van der Waals surface area contributed by atoms with Gasteiger partial charge in [-0.15, -0.1) is 0 Å². The Bertz CT molecular complexity index is 1670. The lowest BCUT2D eigenvalue weighted by Gasteiger charge is -2.34. The normalized spacial score (nSPS) is 11.8. The second-order valence-corrected chi connectivity index (χ2v) is 12.2. The Morgan fingerprint density at radius 1 is 0.907 bits per heavy atom. The molecule has 4 aromatic rings. The maximum atomic E-state index is 14.4. The first-order chi connectivity index (χ1) is 20.6. The van der Waals surface area contributed by atoms with Gasteiger partial charge in [-0.25, -0.2) is 8.42 Å². The predicted octanol–water partition coefficient (Wildman–Crippen LogP) is 5.24. The molecule has 0 aromatic heterocycles. The van der Waals surface area contributed by atoms with Crippen molar-refractivity contribution >= 4 is 39.1 Å². The van der Waals surface area contributed by atoms with Crippen molar-refractivity contribution in [3.63, 3.8) is 0 Å². The summed E-state index contributed by atoms with van der Waals surface area (Å²) in [4.78, 5) is 29.2. The van der Waals surface area contributed by atoms with E-state index in [0.29, 0.717) is 0 Å². The van der Waals surface area contributed by atoms with E-state index in [9.17, 15) is 18.0 Å². The number of likely N-dealkylation sites (N-methyl/N-ethyl adjacent to an activating group) is 1. The average molecular weight is 620 g/mol. The summed E-state index contributed by atoms with van der Waals surface area (Å²) in [6, 6.07) is 28.4. The van der Waals surface area contributed by atoms with Gasteiger partial charge in [0.25, 0.3) is 10.0 Å². The number of anilines is 1. The van der Waals surface area contributed by atoms with E-state index in [4.69, 9.17) is 16.3 Å². The fourth-order valence-electron chi connectivity index (χ4n) is 4.78. The van der Waals surface area contributed by atoms with Gasteiger partial charge in [0.05, 0.1) is 17.7 Å². The molecule has 0 aliphatic rings. The number of carbonyl (C=O) groups excluding carboxylic acids is 2. The zero-order chi connectivity index (χ0) is 31.0. The van der Waals surface area contributed by atoms with Gasteiger partial charge in [-0.2, -0.15) is 0 Å². The molecule has 4 aromatic carbocycles. The van der Waals surface area contributed by atoms with Crippen LogP contribution in [0.3, 0.4) is 0 Å². The van der Waals surface area contributed by atoms with E-state index in [1.165, 1.54) is 37.3 Å². The zero-order valence-corrected chi connectivity index (χ0v) is 25.8. The van der Waals surface area contributed by atoms with Crippen molar-refractivity contribution in [1.29, 1.82) is 0 Å². The molecular formula is C33H34ClN3O5S. The van der Waals surface area contributed by atoms with Crippen molar-refractivity contribution in [2.45, 2.75) is 30.8 Å². The smallest absolute Gasteiger partial charge is 0.264 e. The zero-order valence-electron chi connectivity index (χ0n) is 24.2. The molecule has 0 saturated heterocycles. The highest BCUT2D eigenvalue weighted by molar-refractivity contribution is 7.92. The molecule has 8 nitrogen and oxygen atoms in total. The highest BCUT2D eigenvalue weighted by Crippen LogP contribution is 2.35. The molecule has 0 bridgehead atoms. The Hall–Kier alpha value is -4.34. The SMILES string of the molecule is CNC(=O)[C@H](Cc1ccccc1)N(Cc1ccccc1C)C(=O)CN(c1cc(Cl)ccc1OC)S(=O)(=O)c1ccccc1. The van der Waals surface area contributed by atoms with Crippen molar-refractivity contribution in [3.05, 3.63) is 125 Å². The molecule has 1 N–H and O–H groups in total. The van der Waals surface area contributed by atoms with Gasteiger partial charge in [0.15, 0.2) is 0 Å².